The second-order valence-corrected chi connectivity index (χ2v) is 4.78. The summed E-state index contributed by atoms with van der Waals surface area (Å²) in [6, 6.07) is 4.86. The van der Waals surface area contributed by atoms with Gasteiger partial charge in [-0.1, -0.05) is 6.07 Å². The van der Waals surface area contributed by atoms with Crippen LogP contribution in [-0.4, -0.2) is 26.4 Å². The largest absolute Gasteiger partial charge is 0.353 e. The lowest BCUT2D eigenvalue weighted by Gasteiger charge is -1.76. The van der Waals surface area contributed by atoms with Crippen molar-refractivity contribution < 1.29 is 21.4 Å². The highest BCUT2D eigenvalue weighted by molar-refractivity contribution is 8.09. The van der Waals surface area contributed by atoms with E-state index >= 15 is 0 Å². The molecule has 0 saturated heterocycles. The first-order valence-corrected chi connectivity index (χ1v) is 6.38. The molecule has 0 aliphatic heterocycles. The number of pyridine rings is 1. The number of aromatic nitrogens is 1. The summed E-state index contributed by atoms with van der Waals surface area (Å²) >= 11 is 0. The van der Waals surface area contributed by atoms with Crippen LogP contribution in [-0.2, 0) is 19.6 Å². The maximum absolute atomic E-state index is 10.2. The van der Waals surface area contributed by atoms with Crippen LogP contribution in [0.2, 0.25) is 0 Å². The molecule has 0 spiro atoms. The fraction of sp³-hybridized carbons (Fsp3) is 0. The van der Waals surface area contributed by atoms with Gasteiger partial charge in [0.2, 0.25) is 10.3 Å². The van der Waals surface area contributed by atoms with Gasteiger partial charge < -0.3 is 4.98 Å². The Hall–Kier alpha value is -0.830. The maximum Gasteiger partial charge on any atom is 0.353 e. The minimum absolute atomic E-state index is 0.206. The molecular formula is C5H6ClNO5S2. The Bertz CT molecular complexity index is 510. The van der Waals surface area contributed by atoms with Crippen molar-refractivity contribution in [1.29, 1.82) is 0 Å². The van der Waals surface area contributed by atoms with Gasteiger partial charge in [-0.05, 0) is 12.1 Å². The molecule has 1 rings (SSSR count). The van der Waals surface area contributed by atoms with E-state index in [1.54, 1.807) is 18.3 Å². The first-order valence-electron chi connectivity index (χ1n) is 3.04. The molecule has 0 aliphatic rings. The highest BCUT2D eigenvalue weighted by Gasteiger charge is 1.86. The van der Waals surface area contributed by atoms with E-state index in [1.165, 1.54) is 6.07 Å². The Morgan fingerprint density at radius 2 is 1.86 bits per heavy atom. The third kappa shape index (κ3) is 9.26. The molecule has 0 amide bonds. The van der Waals surface area contributed by atoms with Crippen LogP contribution < -0.4 is 0 Å². The summed E-state index contributed by atoms with van der Waals surface area (Å²) in [5.41, 5.74) is 0. The highest BCUT2D eigenvalue weighted by Crippen LogP contribution is 1.82. The van der Waals surface area contributed by atoms with E-state index in [-0.39, 0.29) is 4.64 Å². The lowest BCUT2D eigenvalue weighted by Crippen LogP contribution is -1.77. The molecule has 0 unspecified atom stereocenters. The second-order valence-electron chi connectivity index (χ2n) is 1.87. The summed E-state index contributed by atoms with van der Waals surface area (Å²) in [6.07, 6.45) is 1.56. The van der Waals surface area contributed by atoms with E-state index in [1.807, 2.05) is 0 Å². The summed E-state index contributed by atoms with van der Waals surface area (Å²) in [5, 5.41) is 0. The van der Waals surface area contributed by atoms with Gasteiger partial charge in [0.15, 0.2) is 4.64 Å². The molecule has 0 atom stereocenters. The zero-order valence-corrected chi connectivity index (χ0v) is 8.97. The number of hydrogen-bond donors (Lipinski definition) is 2. The number of hydrogen-bond acceptors (Lipinski definition) is 4. The molecule has 9 heteroatoms. The predicted octanol–water partition coefficient (Wildman–Crippen LogP) is 0.454. The first kappa shape index (κ1) is 13.2. The topological polar surface area (TPSA) is 104 Å². The molecule has 6 nitrogen and oxygen atoms in total. The zero-order valence-electron chi connectivity index (χ0n) is 6.58. The van der Waals surface area contributed by atoms with E-state index in [4.69, 9.17) is 13.0 Å². The van der Waals surface area contributed by atoms with Crippen molar-refractivity contribution in [3.05, 3.63) is 29.0 Å². The average Bonchev–Trinajstić information content (AvgIpc) is 2.03. The molecular weight excluding hydrogens is 254 g/mol. The normalized spacial score (nSPS) is 9.86. The fourth-order valence-corrected chi connectivity index (χ4v) is 0.834. The third-order valence-corrected chi connectivity index (χ3v) is 1.47. The quantitative estimate of drug-likeness (QED) is 0.400. The van der Waals surface area contributed by atoms with E-state index in [9.17, 15) is 8.42 Å². The molecule has 0 saturated carbocycles. The lowest BCUT2D eigenvalue weighted by atomic mass is 10.5. The van der Waals surface area contributed by atoms with Gasteiger partial charge in [-0.15, -0.1) is 0 Å². The van der Waals surface area contributed by atoms with Crippen molar-refractivity contribution in [1.82, 2.24) is 4.98 Å². The summed E-state index contributed by atoms with van der Waals surface area (Å²) < 4.78 is 45.7. The number of rotatable bonds is 0. The predicted molar refractivity (Wildman–Crippen MR) is 50.4 cm³/mol. The van der Waals surface area contributed by atoms with Gasteiger partial charge in [0.05, 0.1) is 0 Å². The van der Waals surface area contributed by atoms with Crippen molar-refractivity contribution in [2.45, 2.75) is 0 Å². The van der Waals surface area contributed by atoms with Crippen LogP contribution in [0.3, 0.4) is 0 Å². The molecule has 0 aromatic carbocycles. The van der Waals surface area contributed by atoms with Gasteiger partial charge in [0.1, 0.15) is 0 Å². The minimum atomic E-state index is -4.19. The SMILES string of the molecule is O=S(=O)(O)Cl.O=S(=O)=c1cccc[nH]1. The van der Waals surface area contributed by atoms with Crippen molar-refractivity contribution in [2.75, 3.05) is 0 Å². The van der Waals surface area contributed by atoms with Gasteiger partial charge in [-0.2, -0.15) is 16.8 Å². The number of halogens is 1. The second kappa shape index (κ2) is 5.81. The number of H-pyrrole nitrogens is 1. The summed E-state index contributed by atoms with van der Waals surface area (Å²) in [7, 11) is -2.27. The van der Waals surface area contributed by atoms with Crippen LogP contribution in [0.25, 0.3) is 0 Å². The van der Waals surface area contributed by atoms with Crippen LogP contribution in [0.15, 0.2) is 24.4 Å². The van der Waals surface area contributed by atoms with E-state index in [2.05, 4.69) is 15.7 Å². The summed E-state index contributed by atoms with van der Waals surface area (Å²) in [5.74, 6) is 0. The van der Waals surface area contributed by atoms with Crippen molar-refractivity contribution in [3.63, 3.8) is 0 Å². The van der Waals surface area contributed by atoms with Crippen LogP contribution in [0, 0.1) is 4.64 Å². The molecule has 1 aromatic rings. The van der Waals surface area contributed by atoms with Crippen molar-refractivity contribution >= 4 is 30.3 Å². The fourth-order valence-electron chi connectivity index (χ4n) is 0.481. The molecule has 80 valence electrons. The Labute approximate surface area is 86.0 Å². The molecule has 1 aromatic heterocycles. The summed E-state index contributed by atoms with van der Waals surface area (Å²) in [4.78, 5) is 2.56. The highest BCUT2D eigenvalue weighted by atomic mass is 35.7. The Balaban J connectivity index is 0.000000292. The molecule has 2 N–H and O–H groups in total. The Kier molecular flexibility index (Phi) is 5.46. The molecule has 14 heavy (non-hydrogen) atoms. The van der Waals surface area contributed by atoms with Crippen molar-refractivity contribution in [3.8, 4) is 0 Å². The molecule has 1 heterocycles. The Morgan fingerprint density at radius 3 is 2.07 bits per heavy atom. The Morgan fingerprint density at radius 1 is 1.36 bits per heavy atom. The van der Waals surface area contributed by atoms with Gasteiger partial charge in [-0.3, -0.25) is 4.55 Å². The standard InChI is InChI=1S/C5H5NO2S.ClHO3S/c7-9(8)5-3-1-2-4-6-5;1-5(2,3)4/h1-4,6H;(H,2,3,4). The maximum atomic E-state index is 10.2. The average molecular weight is 260 g/mol. The van der Waals surface area contributed by atoms with E-state index in [0.717, 1.165) is 0 Å². The van der Waals surface area contributed by atoms with Gasteiger partial charge in [-0.25, -0.2) is 0 Å². The van der Waals surface area contributed by atoms with Crippen LogP contribution in [0.1, 0.15) is 0 Å². The zero-order chi connectivity index (χ0) is 11.2. The van der Waals surface area contributed by atoms with Gasteiger partial charge in [0.25, 0.3) is 0 Å². The number of nitrogens with one attached hydrogen (secondary N) is 1. The lowest BCUT2D eigenvalue weighted by molar-refractivity contribution is 0.501. The van der Waals surface area contributed by atoms with E-state index < -0.39 is 19.6 Å². The molecule has 0 fully saturated rings. The van der Waals surface area contributed by atoms with Gasteiger partial charge in [0, 0.05) is 16.9 Å². The molecule has 0 aliphatic carbocycles. The van der Waals surface area contributed by atoms with Gasteiger partial charge >= 0.3 is 9.33 Å². The van der Waals surface area contributed by atoms with Crippen LogP contribution in [0.4, 0.5) is 0 Å². The summed E-state index contributed by atoms with van der Waals surface area (Å²) in [6.45, 7) is 0. The van der Waals surface area contributed by atoms with Crippen molar-refractivity contribution in [2.24, 2.45) is 0 Å². The number of aromatic amines is 1. The molecule has 0 radical (unpaired) electrons. The first-order chi connectivity index (χ1) is 6.30. The van der Waals surface area contributed by atoms with E-state index in [0.29, 0.717) is 0 Å². The van der Waals surface area contributed by atoms with Crippen LogP contribution >= 0.6 is 10.7 Å². The smallest absolute Gasteiger partial charge is 0.349 e. The molecule has 0 bridgehead atoms. The minimum Gasteiger partial charge on any atom is -0.349 e. The third-order valence-electron chi connectivity index (χ3n) is 0.860. The van der Waals surface area contributed by atoms with Crippen LogP contribution in [0.5, 0.6) is 0 Å². The monoisotopic (exact) mass is 259 g/mol.